The fraction of sp³-hybridized carbons (Fsp3) is 0.200. The molecule has 0 bridgehead atoms. The first kappa shape index (κ1) is 12.2. The topological polar surface area (TPSA) is 104 Å². The summed E-state index contributed by atoms with van der Waals surface area (Å²) in [5.74, 6) is 3.81. The van der Waals surface area contributed by atoms with Crippen LogP contribution in [-0.2, 0) is 4.79 Å². The molecule has 0 aliphatic carbocycles. The lowest BCUT2D eigenvalue weighted by atomic mass is 10.2. The summed E-state index contributed by atoms with van der Waals surface area (Å²) in [6.07, 6.45) is 0. The number of nitrogens with two attached hydrogens (primary N) is 1. The molecule has 0 heterocycles. The molecule has 0 aliphatic heterocycles. The van der Waals surface area contributed by atoms with Crippen LogP contribution in [0.15, 0.2) is 30.3 Å². The Hall–Kier alpha value is -1.92. The molecule has 86 valence electrons. The molecule has 0 spiro atoms. The lowest BCUT2D eigenvalue weighted by Gasteiger charge is -2.14. The summed E-state index contributed by atoms with van der Waals surface area (Å²) in [5.41, 5.74) is 2.27. The third-order valence-corrected chi connectivity index (χ3v) is 1.98. The van der Waals surface area contributed by atoms with E-state index in [4.69, 9.17) is 10.9 Å². The summed E-state index contributed by atoms with van der Waals surface area (Å²) < 4.78 is 0. The molecule has 6 nitrogen and oxygen atoms in total. The second kappa shape index (κ2) is 5.84. The summed E-state index contributed by atoms with van der Waals surface area (Å²) in [6.45, 7) is -0.512. The van der Waals surface area contributed by atoms with Crippen LogP contribution in [-0.4, -0.2) is 29.6 Å². The maximum Gasteiger partial charge on any atom is 0.258 e. The van der Waals surface area contributed by atoms with Crippen LogP contribution in [0.5, 0.6) is 0 Å². The van der Waals surface area contributed by atoms with E-state index in [2.05, 4.69) is 5.32 Å². The Balaban J connectivity index is 2.66. The summed E-state index contributed by atoms with van der Waals surface area (Å²) in [6, 6.07) is 7.33. The molecule has 0 aromatic heterocycles. The molecule has 16 heavy (non-hydrogen) atoms. The molecule has 6 heteroatoms. The molecule has 2 amide bonds. The van der Waals surface area contributed by atoms with E-state index in [0.717, 1.165) is 0 Å². The lowest BCUT2D eigenvalue weighted by molar-refractivity contribution is -0.123. The van der Waals surface area contributed by atoms with E-state index in [-0.39, 0.29) is 0 Å². The summed E-state index contributed by atoms with van der Waals surface area (Å²) in [4.78, 5) is 22.7. The van der Waals surface area contributed by atoms with Crippen molar-refractivity contribution in [3.8, 4) is 0 Å². The van der Waals surface area contributed by atoms with Crippen molar-refractivity contribution in [1.82, 2.24) is 10.7 Å². The Bertz CT molecular complexity index is 367. The maximum absolute atomic E-state index is 11.6. The second-order valence-electron chi connectivity index (χ2n) is 3.08. The molecule has 0 aliphatic rings. The third kappa shape index (κ3) is 3.04. The van der Waals surface area contributed by atoms with E-state index in [1.54, 1.807) is 30.3 Å². The number of hydrogen-bond donors (Lipinski definition) is 4. The Morgan fingerprint density at radius 1 is 1.31 bits per heavy atom. The van der Waals surface area contributed by atoms with Gasteiger partial charge in [0.25, 0.3) is 11.8 Å². The summed E-state index contributed by atoms with van der Waals surface area (Å²) in [5, 5.41) is 11.2. The van der Waals surface area contributed by atoms with E-state index >= 15 is 0 Å². The molecule has 1 unspecified atom stereocenters. The summed E-state index contributed by atoms with van der Waals surface area (Å²) >= 11 is 0. The van der Waals surface area contributed by atoms with Gasteiger partial charge < -0.3 is 10.4 Å². The molecule has 1 atom stereocenters. The van der Waals surface area contributed by atoms with Gasteiger partial charge in [0.05, 0.1) is 6.61 Å². The maximum atomic E-state index is 11.6. The van der Waals surface area contributed by atoms with E-state index < -0.39 is 24.5 Å². The van der Waals surface area contributed by atoms with Crippen LogP contribution in [0, 0.1) is 0 Å². The van der Waals surface area contributed by atoms with E-state index in [1.807, 2.05) is 5.43 Å². The van der Waals surface area contributed by atoms with Gasteiger partial charge in [0.1, 0.15) is 6.04 Å². The van der Waals surface area contributed by atoms with Crippen LogP contribution in [0.4, 0.5) is 0 Å². The van der Waals surface area contributed by atoms with Gasteiger partial charge in [-0.3, -0.25) is 15.0 Å². The lowest BCUT2D eigenvalue weighted by Crippen LogP contribution is -2.50. The van der Waals surface area contributed by atoms with Gasteiger partial charge >= 0.3 is 0 Å². The van der Waals surface area contributed by atoms with E-state index in [0.29, 0.717) is 5.56 Å². The van der Waals surface area contributed by atoms with Gasteiger partial charge in [-0.15, -0.1) is 0 Å². The minimum absolute atomic E-state index is 0.408. The Kier molecular flexibility index (Phi) is 4.43. The highest BCUT2D eigenvalue weighted by Gasteiger charge is 2.19. The standard InChI is InChI=1S/C10H13N3O3/c11-13-10(16)8(6-14)12-9(15)7-4-2-1-3-5-7/h1-5,8,14H,6,11H2,(H,12,15)(H,13,16). The summed E-state index contributed by atoms with van der Waals surface area (Å²) in [7, 11) is 0. The highest BCUT2D eigenvalue weighted by atomic mass is 16.3. The molecule has 1 rings (SSSR count). The number of amides is 2. The minimum atomic E-state index is -1.04. The molecule has 0 saturated heterocycles. The smallest absolute Gasteiger partial charge is 0.258 e. The van der Waals surface area contributed by atoms with Gasteiger partial charge in [0.2, 0.25) is 0 Å². The number of carbonyl (C=O) groups excluding carboxylic acids is 2. The number of rotatable bonds is 4. The van der Waals surface area contributed by atoms with Crippen molar-refractivity contribution in [1.29, 1.82) is 0 Å². The SMILES string of the molecule is NNC(=O)C(CO)NC(=O)c1ccccc1. The molecular weight excluding hydrogens is 210 g/mol. The van der Waals surface area contributed by atoms with Crippen LogP contribution in [0.2, 0.25) is 0 Å². The zero-order chi connectivity index (χ0) is 12.0. The second-order valence-corrected chi connectivity index (χ2v) is 3.08. The molecule has 5 N–H and O–H groups in total. The van der Waals surface area contributed by atoms with Crippen LogP contribution >= 0.6 is 0 Å². The van der Waals surface area contributed by atoms with Crippen molar-refractivity contribution in [2.75, 3.05) is 6.61 Å². The van der Waals surface area contributed by atoms with Crippen molar-refractivity contribution in [2.45, 2.75) is 6.04 Å². The van der Waals surface area contributed by atoms with Crippen LogP contribution in [0.25, 0.3) is 0 Å². The monoisotopic (exact) mass is 223 g/mol. The molecular formula is C10H13N3O3. The van der Waals surface area contributed by atoms with Gasteiger partial charge in [-0.05, 0) is 12.1 Å². The number of benzene rings is 1. The predicted molar refractivity (Wildman–Crippen MR) is 57.1 cm³/mol. The van der Waals surface area contributed by atoms with Gasteiger partial charge in [0, 0.05) is 5.56 Å². The van der Waals surface area contributed by atoms with Crippen LogP contribution in [0.1, 0.15) is 10.4 Å². The number of hydrogen-bond acceptors (Lipinski definition) is 4. The minimum Gasteiger partial charge on any atom is -0.394 e. The highest BCUT2D eigenvalue weighted by Crippen LogP contribution is 1.98. The average Bonchev–Trinajstić information content (AvgIpc) is 2.35. The fourth-order valence-electron chi connectivity index (χ4n) is 1.13. The normalized spacial score (nSPS) is 11.6. The van der Waals surface area contributed by atoms with Gasteiger partial charge in [-0.2, -0.15) is 0 Å². The molecule has 0 radical (unpaired) electrons. The Morgan fingerprint density at radius 3 is 2.44 bits per heavy atom. The zero-order valence-electron chi connectivity index (χ0n) is 8.51. The quantitative estimate of drug-likeness (QED) is 0.291. The Labute approximate surface area is 92.4 Å². The zero-order valence-corrected chi connectivity index (χ0v) is 8.51. The molecule has 1 aromatic rings. The largest absolute Gasteiger partial charge is 0.394 e. The van der Waals surface area contributed by atoms with Crippen molar-refractivity contribution >= 4 is 11.8 Å². The number of carbonyl (C=O) groups is 2. The third-order valence-electron chi connectivity index (χ3n) is 1.98. The van der Waals surface area contributed by atoms with Gasteiger partial charge in [-0.25, -0.2) is 5.84 Å². The first-order chi connectivity index (χ1) is 7.69. The fourth-order valence-corrected chi connectivity index (χ4v) is 1.13. The average molecular weight is 223 g/mol. The number of aliphatic hydroxyl groups is 1. The Morgan fingerprint density at radius 2 is 1.94 bits per heavy atom. The van der Waals surface area contributed by atoms with E-state index in [9.17, 15) is 9.59 Å². The molecule has 0 fully saturated rings. The van der Waals surface area contributed by atoms with Crippen molar-refractivity contribution in [3.05, 3.63) is 35.9 Å². The van der Waals surface area contributed by atoms with E-state index in [1.165, 1.54) is 0 Å². The van der Waals surface area contributed by atoms with Crippen molar-refractivity contribution in [2.24, 2.45) is 5.84 Å². The number of hydrazine groups is 1. The first-order valence-electron chi connectivity index (χ1n) is 4.66. The highest BCUT2D eigenvalue weighted by molar-refractivity contribution is 5.97. The molecule has 0 saturated carbocycles. The number of nitrogens with one attached hydrogen (secondary N) is 2. The van der Waals surface area contributed by atoms with Crippen LogP contribution < -0.4 is 16.6 Å². The van der Waals surface area contributed by atoms with Crippen molar-refractivity contribution < 1.29 is 14.7 Å². The van der Waals surface area contributed by atoms with Gasteiger partial charge in [-0.1, -0.05) is 18.2 Å². The number of aliphatic hydroxyl groups excluding tert-OH is 1. The van der Waals surface area contributed by atoms with Crippen molar-refractivity contribution in [3.63, 3.8) is 0 Å². The van der Waals surface area contributed by atoms with Gasteiger partial charge in [0.15, 0.2) is 0 Å². The van der Waals surface area contributed by atoms with Crippen LogP contribution in [0.3, 0.4) is 0 Å². The predicted octanol–water partition coefficient (Wildman–Crippen LogP) is -1.23. The molecule has 1 aromatic carbocycles. The first-order valence-corrected chi connectivity index (χ1v) is 4.66.